The highest BCUT2D eigenvalue weighted by Gasteiger charge is 2.20. The van der Waals surface area contributed by atoms with E-state index in [0.717, 1.165) is 41.9 Å². The first-order valence-electron chi connectivity index (χ1n) is 11.2. The molecular formula is C25H35IN4O3. The van der Waals surface area contributed by atoms with E-state index in [1.165, 1.54) is 12.8 Å². The van der Waals surface area contributed by atoms with Crippen molar-refractivity contribution in [3.63, 3.8) is 0 Å². The number of carbonyl (C=O) groups is 1. The second kappa shape index (κ2) is 13.9. The zero-order valence-electron chi connectivity index (χ0n) is 19.6. The molecule has 3 rings (SSSR count). The van der Waals surface area contributed by atoms with Crippen molar-refractivity contribution in [2.24, 2.45) is 4.99 Å². The summed E-state index contributed by atoms with van der Waals surface area (Å²) in [5, 5.41) is 9.36. The number of hydrogen-bond donors (Lipinski definition) is 3. The maximum atomic E-state index is 11.8. The fourth-order valence-electron chi connectivity index (χ4n) is 3.91. The topological polar surface area (TPSA) is 84.0 Å². The zero-order chi connectivity index (χ0) is 22.8. The number of methoxy groups -OCH3 is 1. The van der Waals surface area contributed by atoms with Crippen molar-refractivity contribution in [1.29, 1.82) is 0 Å². The number of carbonyl (C=O) groups excluding carboxylic acids is 1. The number of rotatable bonds is 9. The summed E-state index contributed by atoms with van der Waals surface area (Å²) >= 11 is 0. The maximum absolute atomic E-state index is 11.8. The SMILES string of the molecule is CN=C(NCCc1cccc(C(=O)NC)c1)NCc1cccc(OC)c1OC1CCCC1.I. The molecule has 1 fully saturated rings. The average molecular weight is 566 g/mol. The monoisotopic (exact) mass is 566 g/mol. The first-order valence-corrected chi connectivity index (χ1v) is 11.2. The molecule has 0 aromatic heterocycles. The molecule has 1 aliphatic carbocycles. The third-order valence-electron chi connectivity index (χ3n) is 5.66. The van der Waals surface area contributed by atoms with Gasteiger partial charge in [-0.05, 0) is 55.9 Å². The quantitative estimate of drug-likeness (QED) is 0.244. The van der Waals surface area contributed by atoms with Crippen molar-refractivity contribution in [3.8, 4) is 11.5 Å². The van der Waals surface area contributed by atoms with E-state index in [0.29, 0.717) is 24.6 Å². The molecule has 0 radical (unpaired) electrons. The van der Waals surface area contributed by atoms with E-state index in [1.807, 2.05) is 36.4 Å². The van der Waals surface area contributed by atoms with Gasteiger partial charge in [0.1, 0.15) is 0 Å². The Kier molecular flexibility index (Phi) is 11.3. The van der Waals surface area contributed by atoms with Crippen molar-refractivity contribution in [3.05, 3.63) is 59.2 Å². The number of nitrogens with one attached hydrogen (secondary N) is 3. The number of benzene rings is 2. The van der Waals surface area contributed by atoms with Gasteiger partial charge in [-0.2, -0.15) is 0 Å². The first kappa shape index (κ1) is 26.8. The van der Waals surface area contributed by atoms with Crippen LogP contribution in [0.25, 0.3) is 0 Å². The number of halogens is 1. The summed E-state index contributed by atoms with van der Waals surface area (Å²) in [4.78, 5) is 16.1. The van der Waals surface area contributed by atoms with Crippen LogP contribution in [-0.2, 0) is 13.0 Å². The van der Waals surface area contributed by atoms with Gasteiger partial charge in [0.2, 0.25) is 0 Å². The van der Waals surface area contributed by atoms with Gasteiger partial charge in [-0.3, -0.25) is 9.79 Å². The standard InChI is InChI=1S/C25H34N4O3.HI/c1-26-24(30)19-9-6-8-18(16-19)14-15-28-25(27-2)29-17-20-10-7-13-22(31-3)23(20)32-21-11-4-5-12-21;/h6-10,13,16,21H,4-5,11-12,14-15,17H2,1-3H3,(H,26,30)(H2,27,28,29);1H. The van der Waals surface area contributed by atoms with Gasteiger partial charge in [-0.25, -0.2) is 0 Å². The lowest BCUT2D eigenvalue weighted by atomic mass is 10.1. The summed E-state index contributed by atoms with van der Waals surface area (Å²) in [5.41, 5.74) is 2.80. The maximum Gasteiger partial charge on any atom is 0.251 e. The minimum absolute atomic E-state index is 0. The molecule has 7 nitrogen and oxygen atoms in total. The lowest BCUT2D eigenvalue weighted by Crippen LogP contribution is -2.38. The molecule has 3 N–H and O–H groups in total. The predicted octanol–water partition coefficient (Wildman–Crippen LogP) is 3.90. The molecule has 0 bridgehead atoms. The third-order valence-corrected chi connectivity index (χ3v) is 5.66. The van der Waals surface area contributed by atoms with Gasteiger partial charge in [0, 0.05) is 38.3 Å². The second-order valence-corrected chi connectivity index (χ2v) is 7.85. The number of aliphatic imine (C=N–C) groups is 1. The van der Waals surface area contributed by atoms with Crippen LogP contribution >= 0.6 is 24.0 Å². The summed E-state index contributed by atoms with van der Waals surface area (Å²) in [6.45, 7) is 1.27. The van der Waals surface area contributed by atoms with Gasteiger partial charge in [-0.1, -0.05) is 24.3 Å². The van der Waals surface area contributed by atoms with E-state index in [-0.39, 0.29) is 36.0 Å². The van der Waals surface area contributed by atoms with Crippen molar-refractivity contribution in [2.75, 3.05) is 27.7 Å². The summed E-state index contributed by atoms with van der Waals surface area (Å²) in [5.74, 6) is 2.21. The second-order valence-electron chi connectivity index (χ2n) is 7.85. The lowest BCUT2D eigenvalue weighted by molar-refractivity contribution is 0.0963. The van der Waals surface area contributed by atoms with Crippen LogP contribution in [0, 0.1) is 0 Å². The lowest BCUT2D eigenvalue weighted by Gasteiger charge is -2.20. The third kappa shape index (κ3) is 7.80. The van der Waals surface area contributed by atoms with Crippen LogP contribution in [0.1, 0.15) is 47.2 Å². The summed E-state index contributed by atoms with van der Waals surface area (Å²) in [6, 6.07) is 13.6. The van der Waals surface area contributed by atoms with Crippen molar-refractivity contribution in [2.45, 2.75) is 44.8 Å². The number of para-hydroxylation sites is 1. The van der Waals surface area contributed by atoms with E-state index < -0.39 is 0 Å². The molecule has 0 spiro atoms. The number of nitrogens with zero attached hydrogens (tertiary/aromatic N) is 1. The van der Waals surface area contributed by atoms with E-state index in [2.05, 4.69) is 27.0 Å². The molecule has 1 aliphatic rings. The number of ether oxygens (including phenoxy) is 2. The highest BCUT2D eigenvalue weighted by atomic mass is 127. The Labute approximate surface area is 213 Å². The number of amides is 1. The van der Waals surface area contributed by atoms with Crippen molar-refractivity contribution in [1.82, 2.24) is 16.0 Å². The Morgan fingerprint density at radius 2 is 1.88 bits per heavy atom. The Hall–Kier alpha value is -2.49. The molecule has 1 saturated carbocycles. The molecule has 0 heterocycles. The molecule has 2 aromatic carbocycles. The summed E-state index contributed by atoms with van der Waals surface area (Å²) in [6.07, 6.45) is 5.66. The smallest absolute Gasteiger partial charge is 0.251 e. The fraction of sp³-hybridized carbons (Fsp3) is 0.440. The Balaban J connectivity index is 0.00000385. The summed E-state index contributed by atoms with van der Waals surface area (Å²) < 4.78 is 11.9. The van der Waals surface area contributed by atoms with Gasteiger partial charge < -0.3 is 25.4 Å². The minimum Gasteiger partial charge on any atom is -0.493 e. The largest absolute Gasteiger partial charge is 0.493 e. The molecule has 0 saturated heterocycles. The van der Waals surface area contributed by atoms with Gasteiger partial charge in [0.15, 0.2) is 17.5 Å². The number of hydrogen-bond acceptors (Lipinski definition) is 4. The molecule has 33 heavy (non-hydrogen) atoms. The molecule has 0 aliphatic heterocycles. The highest BCUT2D eigenvalue weighted by Crippen LogP contribution is 2.34. The van der Waals surface area contributed by atoms with Crippen molar-refractivity contribution < 1.29 is 14.3 Å². The van der Waals surface area contributed by atoms with Gasteiger partial charge >= 0.3 is 0 Å². The Bertz CT molecular complexity index is 930. The molecule has 180 valence electrons. The first-order chi connectivity index (χ1) is 15.6. The molecule has 1 amide bonds. The van der Waals surface area contributed by atoms with Gasteiger partial charge in [0.05, 0.1) is 13.2 Å². The Morgan fingerprint density at radius 3 is 2.58 bits per heavy atom. The van der Waals surface area contributed by atoms with Crippen LogP contribution < -0.4 is 25.4 Å². The Morgan fingerprint density at radius 1 is 1.12 bits per heavy atom. The van der Waals surface area contributed by atoms with Crippen LogP contribution in [0.3, 0.4) is 0 Å². The highest BCUT2D eigenvalue weighted by molar-refractivity contribution is 14.0. The fourth-order valence-corrected chi connectivity index (χ4v) is 3.91. The average Bonchev–Trinajstić information content (AvgIpc) is 3.34. The molecule has 0 unspecified atom stereocenters. The zero-order valence-corrected chi connectivity index (χ0v) is 22.0. The van der Waals surface area contributed by atoms with Crippen LogP contribution in [0.4, 0.5) is 0 Å². The van der Waals surface area contributed by atoms with E-state index in [1.54, 1.807) is 21.2 Å². The molecule has 8 heteroatoms. The van der Waals surface area contributed by atoms with Crippen LogP contribution in [0.5, 0.6) is 11.5 Å². The predicted molar refractivity (Wildman–Crippen MR) is 143 cm³/mol. The van der Waals surface area contributed by atoms with Crippen molar-refractivity contribution >= 4 is 35.8 Å². The van der Waals surface area contributed by atoms with Gasteiger partial charge in [-0.15, -0.1) is 24.0 Å². The number of guanidine groups is 1. The normalized spacial score (nSPS) is 13.7. The van der Waals surface area contributed by atoms with E-state index in [4.69, 9.17) is 9.47 Å². The van der Waals surface area contributed by atoms with Crippen LogP contribution in [0.15, 0.2) is 47.5 Å². The summed E-state index contributed by atoms with van der Waals surface area (Å²) in [7, 11) is 5.06. The van der Waals surface area contributed by atoms with E-state index in [9.17, 15) is 4.79 Å². The van der Waals surface area contributed by atoms with Gasteiger partial charge in [0.25, 0.3) is 5.91 Å². The molecule has 0 atom stereocenters. The minimum atomic E-state index is -0.0776. The molecule has 2 aromatic rings. The van der Waals surface area contributed by atoms with Crippen LogP contribution in [-0.4, -0.2) is 45.7 Å². The van der Waals surface area contributed by atoms with E-state index >= 15 is 0 Å². The molecular weight excluding hydrogens is 531 g/mol. The van der Waals surface area contributed by atoms with Crippen LogP contribution in [0.2, 0.25) is 0 Å².